The summed E-state index contributed by atoms with van der Waals surface area (Å²) in [7, 11) is 0. The number of allylic oxidation sites excluding steroid dienone is 2. The van der Waals surface area contributed by atoms with Crippen LogP contribution in [-0.2, 0) is 4.79 Å². The second-order valence-electron chi connectivity index (χ2n) is 9.06. The van der Waals surface area contributed by atoms with Crippen molar-refractivity contribution < 1.29 is 9.28 Å². The maximum Gasteiger partial charge on any atom is 0.221 e. The number of unbranched alkanes of at least 4 members (excludes halogenated alkanes) is 11. The molecule has 0 saturated heterocycles. The highest BCUT2D eigenvalue weighted by Crippen LogP contribution is 2.26. The van der Waals surface area contributed by atoms with Crippen molar-refractivity contribution in [1.29, 1.82) is 0 Å². The molecule has 0 aromatic carbocycles. The smallest absolute Gasteiger partial charge is 0.221 e. The minimum absolute atomic E-state index is 0.0496. The molecule has 3 atom stereocenters. The van der Waals surface area contributed by atoms with Crippen molar-refractivity contribution >= 4 is 5.91 Å². The van der Waals surface area contributed by atoms with Gasteiger partial charge in [0.2, 0.25) is 5.91 Å². The Labute approximate surface area is 187 Å². The SMILES string of the molecule is CCCCCCCC/C=C/CCCCCCCC1NC=C[N+]1(CC)C(C)NC(C)=O. The van der Waals surface area contributed by atoms with E-state index in [2.05, 4.69) is 56.0 Å². The van der Waals surface area contributed by atoms with Gasteiger partial charge in [-0.1, -0.05) is 70.4 Å². The Kier molecular flexibility index (Phi) is 14.6. The van der Waals surface area contributed by atoms with Crippen molar-refractivity contribution in [2.24, 2.45) is 0 Å². The Balaban J connectivity index is 2.07. The molecule has 2 N–H and O–H groups in total. The van der Waals surface area contributed by atoms with Gasteiger partial charge in [0, 0.05) is 20.3 Å². The molecule has 0 aliphatic carbocycles. The molecule has 0 bridgehead atoms. The summed E-state index contributed by atoms with van der Waals surface area (Å²) in [5.41, 5.74) is 0. The zero-order chi connectivity index (χ0) is 22.1. The van der Waals surface area contributed by atoms with Gasteiger partial charge in [0.25, 0.3) is 0 Å². The van der Waals surface area contributed by atoms with E-state index in [4.69, 9.17) is 0 Å². The van der Waals surface area contributed by atoms with E-state index in [0.717, 1.165) is 17.4 Å². The first-order valence-corrected chi connectivity index (χ1v) is 12.8. The molecule has 30 heavy (non-hydrogen) atoms. The van der Waals surface area contributed by atoms with Gasteiger partial charge in [0.05, 0.1) is 12.7 Å². The van der Waals surface area contributed by atoms with Crippen molar-refractivity contribution in [3.63, 3.8) is 0 Å². The molecule has 1 amide bonds. The van der Waals surface area contributed by atoms with Gasteiger partial charge in [0.1, 0.15) is 6.20 Å². The minimum atomic E-state index is 0.0496. The van der Waals surface area contributed by atoms with E-state index in [1.54, 1.807) is 6.92 Å². The summed E-state index contributed by atoms with van der Waals surface area (Å²) in [6, 6.07) is 0. The molecule has 0 spiro atoms. The summed E-state index contributed by atoms with van der Waals surface area (Å²) in [6.07, 6.45) is 28.1. The molecule has 1 heterocycles. The molecule has 0 fully saturated rings. The molecule has 1 aliphatic heterocycles. The Morgan fingerprint density at radius 2 is 1.53 bits per heavy atom. The molecule has 3 unspecified atom stereocenters. The molecular formula is C26H50N3O+. The fourth-order valence-electron chi connectivity index (χ4n) is 4.68. The van der Waals surface area contributed by atoms with Crippen LogP contribution in [0.5, 0.6) is 0 Å². The van der Waals surface area contributed by atoms with Crippen LogP contribution < -0.4 is 10.6 Å². The maximum atomic E-state index is 11.5. The molecular weight excluding hydrogens is 370 g/mol. The van der Waals surface area contributed by atoms with Crippen LogP contribution in [0, 0.1) is 0 Å². The van der Waals surface area contributed by atoms with Gasteiger partial charge in [0.15, 0.2) is 12.3 Å². The third kappa shape index (κ3) is 10.1. The molecule has 1 rings (SSSR count). The van der Waals surface area contributed by atoms with Gasteiger partial charge in [-0.2, -0.15) is 0 Å². The molecule has 174 valence electrons. The van der Waals surface area contributed by atoms with E-state index in [1.807, 2.05) is 0 Å². The normalized spacial score (nSPS) is 21.8. The number of nitrogens with zero attached hydrogens (tertiary/aromatic N) is 1. The van der Waals surface area contributed by atoms with Crippen LogP contribution in [0.15, 0.2) is 24.6 Å². The average molecular weight is 421 g/mol. The first-order valence-electron chi connectivity index (χ1n) is 12.8. The lowest BCUT2D eigenvalue weighted by Crippen LogP contribution is -2.62. The van der Waals surface area contributed by atoms with Crippen molar-refractivity contribution in [3.05, 3.63) is 24.6 Å². The summed E-state index contributed by atoms with van der Waals surface area (Å²) < 4.78 is 0.809. The zero-order valence-corrected chi connectivity index (χ0v) is 20.4. The van der Waals surface area contributed by atoms with Crippen LogP contribution in [0.25, 0.3) is 0 Å². The van der Waals surface area contributed by atoms with Crippen LogP contribution in [0.4, 0.5) is 0 Å². The number of quaternary nitrogens is 1. The largest absolute Gasteiger partial charge is 0.338 e. The van der Waals surface area contributed by atoms with Crippen molar-refractivity contribution in [2.75, 3.05) is 6.54 Å². The Morgan fingerprint density at radius 3 is 2.10 bits per heavy atom. The summed E-state index contributed by atoms with van der Waals surface area (Å²) >= 11 is 0. The predicted octanol–water partition coefficient (Wildman–Crippen LogP) is 6.74. The number of carbonyl (C=O) groups is 1. The van der Waals surface area contributed by atoms with Crippen molar-refractivity contribution in [1.82, 2.24) is 10.6 Å². The van der Waals surface area contributed by atoms with E-state index in [1.165, 1.54) is 83.5 Å². The molecule has 0 radical (unpaired) electrons. The molecule has 1 aliphatic rings. The van der Waals surface area contributed by atoms with Gasteiger partial charge in [-0.25, -0.2) is 0 Å². The summed E-state index contributed by atoms with van der Waals surface area (Å²) in [5, 5.41) is 6.63. The molecule has 0 saturated carbocycles. The van der Waals surface area contributed by atoms with Crippen LogP contribution in [0.3, 0.4) is 0 Å². The average Bonchev–Trinajstić information content (AvgIpc) is 3.14. The topological polar surface area (TPSA) is 41.1 Å². The van der Waals surface area contributed by atoms with Crippen LogP contribution in [0.1, 0.15) is 118 Å². The Hall–Kier alpha value is -1.29. The van der Waals surface area contributed by atoms with Gasteiger partial charge in [-0.15, -0.1) is 0 Å². The number of hydrogen-bond donors (Lipinski definition) is 2. The van der Waals surface area contributed by atoms with E-state index in [9.17, 15) is 4.79 Å². The third-order valence-electron chi connectivity index (χ3n) is 6.64. The van der Waals surface area contributed by atoms with Gasteiger partial charge >= 0.3 is 0 Å². The van der Waals surface area contributed by atoms with E-state index in [0.29, 0.717) is 6.17 Å². The van der Waals surface area contributed by atoms with E-state index in [-0.39, 0.29) is 12.1 Å². The number of hydrogen-bond acceptors (Lipinski definition) is 2. The van der Waals surface area contributed by atoms with Crippen molar-refractivity contribution in [2.45, 2.75) is 130 Å². The second-order valence-corrected chi connectivity index (χ2v) is 9.06. The summed E-state index contributed by atoms with van der Waals surface area (Å²) in [5.74, 6) is 0.0496. The van der Waals surface area contributed by atoms with Gasteiger partial charge in [-0.05, 0) is 39.0 Å². The number of carbonyl (C=O) groups excluding carboxylic acids is 1. The van der Waals surface area contributed by atoms with Crippen LogP contribution in [0.2, 0.25) is 0 Å². The highest BCUT2D eigenvalue weighted by atomic mass is 16.1. The first-order chi connectivity index (χ1) is 14.6. The standard InChI is InChI=1S/C26H49N3O/c1-5-7-8-9-10-11-12-13-14-15-16-17-18-19-20-21-26-27-22-23-29(26,6-2)24(3)28-25(4)30/h13-14,22-24,26-27H,5-12,15-21H2,1-4H3/p+1/b14-13+. The highest BCUT2D eigenvalue weighted by Gasteiger charge is 2.41. The quantitative estimate of drug-likeness (QED) is 0.146. The summed E-state index contributed by atoms with van der Waals surface area (Å²) in [4.78, 5) is 11.5. The number of nitrogens with one attached hydrogen (secondary N) is 2. The molecule has 0 aromatic rings. The van der Waals surface area contributed by atoms with E-state index < -0.39 is 0 Å². The fourth-order valence-corrected chi connectivity index (χ4v) is 4.68. The Morgan fingerprint density at radius 1 is 0.967 bits per heavy atom. The number of rotatable bonds is 18. The maximum absolute atomic E-state index is 11.5. The lowest BCUT2D eigenvalue weighted by Gasteiger charge is -2.41. The van der Waals surface area contributed by atoms with Crippen LogP contribution in [-0.4, -0.2) is 29.3 Å². The fraction of sp³-hybridized carbons (Fsp3) is 0.808. The minimum Gasteiger partial charge on any atom is -0.338 e. The lowest BCUT2D eigenvalue weighted by atomic mass is 10.1. The van der Waals surface area contributed by atoms with Crippen LogP contribution >= 0.6 is 0 Å². The van der Waals surface area contributed by atoms with Gasteiger partial charge < -0.3 is 10.6 Å². The summed E-state index contributed by atoms with van der Waals surface area (Å²) in [6.45, 7) is 9.20. The monoisotopic (exact) mass is 420 g/mol. The van der Waals surface area contributed by atoms with Crippen molar-refractivity contribution in [3.8, 4) is 0 Å². The zero-order valence-electron chi connectivity index (χ0n) is 20.4. The second kappa shape index (κ2) is 16.4. The Bertz CT molecular complexity index is 503. The first kappa shape index (κ1) is 26.7. The van der Waals surface area contributed by atoms with E-state index >= 15 is 0 Å². The number of amides is 1. The highest BCUT2D eigenvalue weighted by molar-refractivity contribution is 5.72. The molecule has 4 nitrogen and oxygen atoms in total. The molecule has 4 heteroatoms. The van der Waals surface area contributed by atoms with Gasteiger partial charge in [-0.3, -0.25) is 9.28 Å². The lowest BCUT2D eigenvalue weighted by molar-refractivity contribution is -0.923. The third-order valence-corrected chi connectivity index (χ3v) is 6.64. The predicted molar refractivity (Wildman–Crippen MR) is 130 cm³/mol. The molecule has 0 aromatic heterocycles.